The zero-order chi connectivity index (χ0) is 11.5. The number of aliphatic imine (C=N–C) groups is 1. The van der Waals surface area contributed by atoms with Crippen LogP contribution in [0.15, 0.2) is 35.3 Å². The predicted molar refractivity (Wildman–Crippen MR) is 70.1 cm³/mol. The number of nitrogens with one attached hydrogen (secondary N) is 3. The summed E-state index contributed by atoms with van der Waals surface area (Å²) in [6, 6.07) is 10.5. The van der Waals surface area contributed by atoms with Gasteiger partial charge < -0.3 is 15.6 Å². The van der Waals surface area contributed by atoms with Crippen LogP contribution in [0.4, 0.5) is 0 Å². The van der Waals surface area contributed by atoms with Crippen LogP contribution >= 0.6 is 0 Å². The second-order valence-corrected chi connectivity index (χ2v) is 4.25. The van der Waals surface area contributed by atoms with E-state index in [2.05, 4.69) is 44.9 Å². The van der Waals surface area contributed by atoms with Crippen LogP contribution in [0.2, 0.25) is 0 Å². The molecule has 3 N–H and O–H groups in total. The number of aromatic amines is 1. The van der Waals surface area contributed by atoms with Crippen LogP contribution < -0.4 is 10.6 Å². The molecule has 0 saturated carbocycles. The van der Waals surface area contributed by atoms with Crippen LogP contribution in [-0.4, -0.2) is 24.0 Å². The minimum Gasteiger partial charge on any atom is -0.357 e. The molecule has 1 aliphatic rings. The molecule has 3 rings (SSSR count). The lowest BCUT2D eigenvalue weighted by molar-refractivity contribution is 0.699. The molecule has 88 valence electrons. The first-order valence-corrected chi connectivity index (χ1v) is 6.01. The van der Waals surface area contributed by atoms with Gasteiger partial charge in [-0.1, -0.05) is 18.2 Å². The molecule has 0 aliphatic carbocycles. The molecule has 0 spiro atoms. The van der Waals surface area contributed by atoms with E-state index in [1.165, 1.54) is 16.6 Å². The van der Waals surface area contributed by atoms with E-state index in [1.807, 2.05) is 6.07 Å². The fraction of sp³-hybridized carbons (Fsp3) is 0.308. The van der Waals surface area contributed by atoms with Crippen LogP contribution in [0.1, 0.15) is 12.1 Å². The van der Waals surface area contributed by atoms with Crippen molar-refractivity contribution in [3.63, 3.8) is 0 Å². The van der Waals surface area contributed by atoms with Gasteiger partial charge in [-0.25, -0.2) is 0 Å². The second kappa shape index (κ2) is 4.49. The molecule has 0 bridgehead atoms. The molecule has 0 unspecified atom stereocenters. The second-order valence-electron chi connectivity index (χ2n) is 4.25. The van der Waals surface area contributed by atoms with Gasteiger partial charge in [0.25, 0.3) is 0 Å². The van der Waals surface area contributed by atoms with Gasteiger partial charge in [0.1, 0.15) is 0 Å². The number of hydrogen-bond donors (Lipinski definition) is 3. The standard InChI is InChI=1S/C13H16N4/c1-2-5-12-10(4-1)8-11(17-12)9-16-13-14-6-3-7-15-13/h1-2,4-5,8,17H,3,6-7,9H2,(H2,14,15,16). The summed E-state index contributed by atoms with van der Waals surface area (Å²) in [5.74, 6) is 0.912. The maximum atomic E-state index is 4.38. The normalized spacial score (nSPS) is 15.4. The summed E-state index contributed by atoms with van der Waals surface area (Å²) >= 11 is 0. The molecule has 1 aromatic heterocycles. The van der Waals surface area contributed by atoms with Crippen molar-refractivity contribution in [2.75, 3.05) is 13.1 Å². The van der Waals surface area contributed by atoms with Gasteiger partial charge in [-0.05, 0) is 23.9 Å². The molecule has 4 nitrogen and oxygen atoms in total. The van der Waals surface area contributed by atoms with Crippen molar-refractivity contribution in [1.82, 2.24) is 15.6 Å². The summed E-state index contributed by atoms with van der Waals surface area (Å²) in [4.78, 5) is 7.77. The SMILES string of the molecule is c1ccc2[nH]c(CNC3=NCCCN3)cc2c1. The van der Waals surface area contributed by atoms with E-state index in [0.717, 1.165) is 32.0 Å². The quantitative estimate of drug-likeness (QED) is 0.731. The highest BCUT2D eigenvalue weighted by Gasteiger charge is 2.04. The van der Waals surface area contributed by atoms with E-state index in [-0.39, 0.29) is 0 Å². The van der Waals surface area contributed by atoms with Crippen LogP contribution in [0.5, 0.6) is 0 Å². The number of guanidine groups is 1. The minimum absolute atomic E-state index is 0.778. The first-order valence-electron chi connectivity index (χ1n) is 6.01. The van der Waals surface area contributed by atoms with Gasteiger partial charge >= 0.3 is 0 Å². The summed E-state index contributed by atoms with van der Waals surface area (Å²) in [7, 11) is 0. The van der Waals surface area contributed by atoms with Gasteiger partial charge in [0.15, 0.2) is 5.96 Å². The van der Waals surface area contributed by atoms with Gasteiger partial charge in [-0.2, -0.15) is 0 Å². The Morgan fingerprint density at radius 1 is 1.29 bits per heavy atom. The summed E-state index contributed by atoms with van der Waals surface area (Å²) in [6.45, 7) is 2.71. The maximum absolute atomic E-state index is 4.38. The first kappa shape index (κ1) is 10.2. The molecule has 0 atom stereocenters. The minimum atomic E-state index is 0.778. The Labute approximate surface area is 100 Å². The number of hydrogen-bond acceptors (Lipinski definition) is 3. The lowest BCUT2D eigenvalue weighted by Crippen LogP contribution is -2.40. The highest BCUT2D eigenvalue weighted by molar-refractivity contribution is 5.82. The number of benzene rings is 1. The van der Waals surface area contributed by atoms with Crippen molar-refractivity contribution in [2.24, 2.45) is 4.99 Å². The molecule has 0 radical (unpaired) electrons. The van der Waals surface area contributed by atoms with E-state index < -0.39 is 0 Å². The molecule has 0 amide bonds. The van der Waals surface area contributed by atoms with Crippen LogP contribution in [0.3, 0.4) is 0 Å². The van der Waals surface area contributed by atoms with Crippen LogP contribution in [0, 0.1) is 0 Å². The molecule has 1 aromatic carbocycles. The van der Waals surface area contributed by atoms with Gasteiger partial charge in [-0.15, -0.1) is 0 Å². The average molecular weight is 228 g/mol. The van der Waals surface area contributed by atoms with E-state index in [4.69, 9.17) is 0 Å². The van der Waals surface area contributed by atoms with Gasteiger partial charge in [0.05, 0.1) is 6.54 Å². The lowest BCUT2D eigenvalue weighted by atomic mass is 10.2. The molecule has 1 aliphatic heterocycles. The van der Waals surface area contributed by atoms with Crippen molar-refractivity contribution in [3.8, 4) is 0 Å². The van der Waals surface area contributed by atoms with Crippen molar-refractivity contribution in [3.05, 3.63) is 36.0 Å². The van der Waals surface area contributed by atoms with E-state index in [9.17, 15) is 0 Å². The fourth-order valence-electron chi connectivity index (χ4n) is 2.06. The monoisotopic (exact) mass is 228 g/mol. The zero-order valence-corrected chi connectivity index (χ0v) is 9.66. The van der Waals surface area contributed by atoms with Gasteiger partial charge in [0, 0.05) is 24.3 Å². The Kier molecular flexibility index (Phi) is 2.69. The number of nitrogens with zero attached hydrogens (tertiary/aromatic N) is 1. The summed E-state index contributed by atoms with van der Waals surface area (Å²) in [5.41, 5.74) is 2.36. The van der Waals surface area contributed by atoms with Crippen molar-refractivity contribution in [2.45, 2.75) is 13.0 Å². The third-order valence-corrected chi connectivity index (χ3v) is 2.93. The maximum Gasteiger partial charge on any atom is 0.191 e. The number of H-pyrrole nitrogens is 1. The average Bonchev–Trinajstić information content (AvgIpc) is 2.80. The molecule has 0 fully saturated rings. The largest absolute Gasteiger partial charge is 0.357 e. The number of fused-ring (bicyclic) bond motifs is 1. The molecule has 0 saturated heterocycles. The first-order chi connectivity index (χ1) is 8.42. The number of aromatic nitrogens is 1. The Hall–Kier alpha value is -1.97. The fourth-order valence-corrected chi connectivity index (χ4v) is 2.06. The van der Waals surface area contributed by atoms with Crippen LogP contribution in [-0.2, 0) is 6.54 Å². The highest BCUT2D eigenvalue weighted by atomic mass is 15.2. The summed E-state index contributed by atoms with van der Waals surface area (Å²) < 4.78 is 0. The molecule has 17 heavy (non-hydrogen) atoms. The molecule has 4 heteroatoms. The molecular formula is C13H16N4. The Morgan fingerprint density at radius 3 is 3.06 bits per heavy atom. The third kappa shape index (κ3) is 2.25. The van der Waals surface area contributed by atoms with Crippen molar-refractivity contribution < 1.29 is 0 Å². The van der Waals surface area contributed by atoms with E-state index >= 15 is 0 Å². The third-order valence-electron chi connectivity index (χ3n) is 2.93. The Balaban J connectivity index is 1.70. The summed E-state index contributed by atoms with van der Waals surface area (Å²) in [6.07, 6.45) is 1.12. The Bertz CT molecular complexity index is 508. The smallest absolute Gasteiger partial charge is 0.191 e. The zero-order valence-electron chi connectivity index (χ0n) is 9.66. The molecule has 2 heterocycles. The lowest BCUT2D eigenvalue weighted by Gasteiger charge is -2.15. The van der Waals surface area contributed by atoms with E-state index in [0.29, 0.717) is 0 Å². The summed E-state index contributed by atoms with van der Waals surface area (Å²) in [5, 5.41) is 7.81. The topological polar surface area (TPSA) is 52.2 Å². The number of para-hydroxylation sites is 1. The van der Waals surface area contributed by atoms with E-state index in [1.54, 1.807) is 0 Å². The van der Waals surface area contributed by atoms with Crippen molar-refractivity contribution in [1.29, 1.82) is 0 Å². The number of rotatable bonds is 2. The molecular weight excluding hydrogens is 212 g/mol. The Morgan fingerprint density at radius 2 is 2.24 bits per heavy atom. The predicted octanol–water partition coefficient (Wildman–Crippen LogP) is 1.61. The van der Waals surface area contributed by atoms with Gasteiger partial charge in [-0.3, -0.25) is 4.99 Å². The van der Waals surface area contributed by atoms with Gasteiger partial charge in [0.2, 0.25) is 0 Å². The highest BCUT2D eigenvalue weighted by Crippen LogP contribution is 2.14. The van der Waals surface area contributed by atoms with Crippen molar-refractivity contribution >= 4 is 16.9 Å². The van der Waals surface area contributed by atoms with Crippen LogP contribution in [0.25, 0.3) is 10.9 Å². The molecule has 2 aromatic rings.